The van der Waals surface area contributed by atoms with Crippen molar-refractivity contribution in [1.29, 1.82) is 0 Å². The second-order valence-electron chi connectivity index (χ2n) is 7.08. The van der Waals surface area contributed by atoms with Gasteiger partial charge in [0.15, 0.2) is 23.3 Å². The molecule has 1 rings (SSSR count). The van der Waals surface area contributed by atoms with Crippen LogP contribution in [0.4, 0.5) is 22.0 Å². The first-order valence-corrected chi connectivity index (χ1v) is 10.9. The third-order valence-corrected chi connectivity index (χ3v) is 6.91. The largest absolute Gasteiger partial charge is 0.501 e. The van der Waals surface area contributed by atoms with E-state index in [0.717, 1.165) is 0 Å². The highest BCUT2D eigenvalue weighted by Crippen LogP contribution is 2.28. The number of benzene rings is 1. The first kappa shape index (κ1) is 24.0. The molecular weight excluding hydrogens is 387 g/mol. The molecule has 0 spiro atoms. The van der Waals surface area contributed by atoms with Gasteiger partial charge in [-0.3, -0.25) is 0 Å². The van der Waals surface area contributed by atoms with Crippen molar-refractivity contribution in [1.82, 2.24) is 0 Å². The van der Waals surface area contributed by atoms with Crippen LogP contribution in [0.3, 0.4) is 0 Å². The van der Waals surface area contributed by atoms with E-state index in [4.69, 9.17) is 13.3 Å². The quantitative estimate of drug-likeness (QED) is 0.218. The molecule has 27 heavy (non-hydrogen) atoms. The molecule has 0 saturated carbocycles. The summed E-state index contributed by atoms with van der Waals surface area (Å²) in [4.78, 5) is 0. The zero-order chi connectivity index (χ0) is 20.9. The molecule has 0 atom stereocenters. The average molecular weight is 414 g/mol. The Kier molecular flexibility index (Phi) is 8.85. The number of hydrogen-bond acceptors (Lipinski definition) is 3. The maximum atomic E-state index is 13.8. The van der Waals surface area contributed by atoms with E-state index in [1.807, 2.05) is 0 Å². The first-order chi connectivity index (χ1) is 12.4. The van der Waals surface area contributed by atoms with Crippen molar-refractivity contribution >= 4 is 8.80 Å². The minimum atomic E-state index is -3.22. The van der Waals surface area contributed by atoms with Gasteiger partial charge in [-0.15, -0.1) is 0 Å². The molecular formula is C18H27F5O3Si. The van der Waals surface area contributed by atoms with E-state index in [0.29, 0.717) is 0 Å². The monoisotopic (exact) mass is 414 g/mol. The van der Waals surface area contributed by atoms with Gasteiger partial charge in [0.1, 0.15) is 0 Å². The van der Waals surface area contributed by atoms with Gasteiger partial charge < -0.3 is 13.3 Å². The van der Waals surface area contributed by atoms with Crippen LogP contribution in [-0.2, 0) is 19.7 Å². The fourth-order valence-electron chi connectivity index (χ4n) is 2.69. The fourth-order valence-corrected chi connectivity index (χ4v) is 5.97. The highest BCUT2D eigenvalue weighted by Gasteiger charge is 2.43. The van der Waals surface area contributed by atoms with Gasteiger partial charge in [-0.2, -0.15) is 0 Å². The minimum Gasteiger partial charge on any atom is -0.371 e. The molecule has 0 fully saturated rings. The average Bonchev–Trinajstić information content (AvgIpc) is 2.52. The summed E-state index contributed by atoms with van der Waals surface area (Å²) in [6, 6.07) is 0.182. The number of halogens is 5. The maximum Gasteiger partial charge on any atom is 0.501 e. The molecule has 0 unspecified atom stereocenters. The molecule has 0 aliphatic carbocycles. The molecule has 9 heteroatoms. The highest BCUT2D eigenvalue weighted by atomic mass is 28.4. The molecule has 0 aliphatic heterocycles. The van der Waals surface area contributed by atoms with Crippen LogP contribution >= 0.6 is 0 Å². The standard InChI is InChI=1S/C18H27F5O3Si/c1-10(2)24-27(25-11(3)4,26-12(5)6)9-7-8-13-14(19)16(21)18(23)17(22)15(13)20/h10-12H,7-9H2,1-6H3. The predicted octanol–water partition coefficient (Wildman–Crippen LogP) is 5.53. The van der Waals surface area contributed by atoms with Crippen molar-refractivity contribution < 1.29 is 35.2 Å². The van der Waals surface area contributed by atoms with E-state index in [-0.39, 0.29) is 37.2 Å². The molecule has 0 saturated heterocycles. The molecule has 0 bridgehead atoms. The predicted molar refractivity (Wildman–Crippen MR) is 93.8 cm³/mol. The summed E-state index contributed by atoms with van der Waals surface area (Å²) in [5, 5.41) is 0. The molecule has 0 amide bonds. The van der Waals surface area contributed by atoms with E-state index in [2.05, 4.69) is 0 Å². The molecule has 1 aromatic carbocycles. The molecule has 3 nitrogen and oxygen atoms in total. The van der Waals surface area contributed by atoms with Gasteiger partial charge in [-0.25, -0.2) is 22.0 Å². The summed E-state index contributed by atoms with van der Waals surface area (Å²) in [6.07, 6.45) is -0.934. The van der Waals surface area contributed by atoms with Crippen LogP contribution in [0.15, 0.2) is 0 Å². The van der Waals surface area contributed by atoms with Gasteiger partial charge in [0, 0.05) is 29.9 Å². The van der Waals surface area contributed by atoms with Crippen molar-refractivity contribution in [2.45, 2.75) is 78.7 Å². The Balaban J connectivity index is 3.05. The minimum absolute atomic E-state index is 0.0801. The first-order valence-electron chi connectivity index (χ1n) is 8.94. The summed E-state index contributed by atoms with van der Waals surface area (Å²) in [5.74, 6) is -9.66. The SMILES string of the molecule is CC(C)O[Si](CCCc1c(F)c(F)c(F)c(F)c1F)(OC(C)C)OC(C)C. The molecule has 0 N–H and O–H groups in total. The Morgan fingerprint density at radius 1 is 0.630 bits per heavy atom. The lowest BCUT2D eigenvalue weighted by molar-refractivity contribution is 0.00289. The normalized spacial score (nSPS) is 12.7. The lowest BCUT2D eigenvalue weighted by atomic mass is 10.1. The summed E-state index contributed by atoms with van der Waals surface area (Å²) in [5.41, 5.74) is -0.840. The van der Waals surface area contributed by atoms with Gasteiger partial charge in [-0.05, 0) is 54.4 Å². The summed E-state index contributed by atoms with van der Waals surface area (Å²) in [7, 11) is -3.22. The van der Waals surface area contributed by atoms with Crippen LogP contribution < -0.4 is 0 Å². The third kappa shape index (κ3) is 6.51. The van der Waals surface area contributed by atoms with Crippen LogP contribution in [0.1, 0.15) is 53.5 Å². The smallest absolute Gasteiger partial charge is 0.371 e. The summed E-state index contributed by atoms with van der Waals surface area (Å²) in [6.45, 7) is 10.8. The van der Waals surface area contributed by atoms with E-state index < -0.39 is 43.5 Å². The lowest BCUT2D eigenvalue weighted by Gasteiger charge is -2.34. The van der Waals surface area contributed by atoms with E-state index in [1.54, 1.807) is 41.5 Å². The Hall–Kier alpha value is -1.03. The van der Waals surface area contributed by atoms with Crippen molar-refractivity contribution in [3.8, 4) is 0 Å². The number of hydrogen-bond donors (Lipinski definition) is 0. The molecule has 0 aromatic heterocycles. The Morgan fingerprint density at radius 3 is 1.30 bits per heavy atom. The Bertz CT molecular complexity index is 582. The zero-order valence-corrected chi connectivity index (χ0v) is 17.5. The second-order valence-corrected chi connectivity index (χ2v) is 9.66. The van der Waals surface area contributed by atoms with Crippen LogP contribution in [0.25, 0.3) is 0 Å². The van der Waals surface area contributed by atoms with Crippen molar-refractivity contribution in [2.75, 3.05) is 0 Å². The van der Waals surface area contributed by atoms with Crippen molar-refractivity contribution in [2.24, 2.45) is 0 Å². The van der Waals surface area contributed by atoms with E-state index in [1.165, 1.54) is 0 Å². The maximum absolute atomic E-state index is 13.8. The number of rotatable bonds is 10. The summed E-state index contributed by atoms with van der Waals surface area (Å²) >= 11 is 0. The van der Waals surface area contributed by atoms with Crippen LogP contribution in [-0.4, -0.2) is 27.1 Å². The molecule has 156 valence electrons. The Morgan fingerprint density at radius 2 is 0.963 bits per heavy atom. The molecule has 1 aromatic rings. The van der Waals surface area contributed by atoms with Crippen LogP contribution in [0.2, 0.25) is 6.04 Å². The zero-order valence-electron chi connectivity index (χ0n) is 16.5. The van der Waals surface area contributed by atoms with Crippen LogP contribution in [0.5, 0.6) is 0 Å². The lowest BCUT2D eigenvalue weighted by Crippen LogP contribution is -2.50. The van der Waals surface area contributed by atoms with Gasteiger partial charge in [0.2, 0.25) is 5.82 Å². The molecule has 0 aliphatic rings. The second kappa shape index (κ2) is 9.95. The van der Waals surface area contributed by atoms with Gasteiger partial charge in [-0.1, -0.05) is 0 Å². The van der Waals surface area contributed by atoms with Crippen molar-refractivity contribution in [3.05, 3.63) is 34.6 Å². The van der Waals surface area contributed by atoms with Crippen LogP contribution in [0, 0.1) is 29.1 Å². The van der Waals surface area contributed by atoms with Gasteiger partial charge >= 0.3 is 8.80 Å². The fraction of sp³-hybridized carbons (Fsp3) is 0.667. The molecule has 0 heterocycles. The third-order valence-electron chi connectivity index (χ3n) is 3.46. The Labute approximate surface area is 158 Å². The van der Waals surface area contributed by atoms with Gasteiger partial charge in [0.25, 0.3) is 0 Å². The summed E-state index contributed by atoms with van der Waals surface area (Å²) < 4.78 is 85.3. The van der Waals surface area contributed by atoms with Crippen molar-refractivity contribution in [3.63, 3.8) is 0 Å². The topological polar surface area (TPSA) is 27.7 Å². The van der Waals surface area contributed by atoms with E-state index in [9.17, 15) is 22.0 Å². The van der Waals surface area contributed by atoms with Gasteiger partial charge in [0.05, 0.1) is 0 Å². The molecule has 0 radical (unpaired) electrons. The van der Waals surface area contributed by atoms with E-state index >= 15 is 0 Å². The highest BCUT2D eigenvalue weighted by molar-refractivity contribution is 6.60.